The minimum Gasteiger partial charge on any atom is -0.386 e. The zero-order valence-corrected chi connectivity index (χ0v) is 21.8. The third kappa shape index (κ3) is 6.38. The Hall–Kier alpha value is -3.12. The number of sulfone groups is 1. The van der Waals surface area contributed by atoms with E-state index in [9.17, 15) is 35.5 Å². The van der Waals surface area contributed by atoms with E-state index >= 15 is 0 Å². The van der Waals surface area contributed by atoms with Gasteiger partial charge < -0.3 is 10.4 Å². The molecule has 0 radical (unpaired) electrons. The van der Waals surface area contributed by atoms with Crippen LogP contribution in [0.2, 0.25) is 0 Å². The number of aliphatic hydroxyl groups is 1. The van der Waals surface area contributed by atoms with Crippen molar-refractivity contribution in [2.24, 2.45) is 0 Å². The number of aliphatic hydroxyl groups excluding tert-OH is 1. The summed E-state index contributed by atoms with van der Waals surface area (Å²) < 4.78 is 93.5. The molecule has 12 heteroatoms. The van der Waals surface area contributed by atoms with Gasteiger partial charge in [-0.25, -0.2) is 13.4 Å². The molecule has 1 fully saturated rings. The van der Waals surface area contributed by atoms with Crippen LogP contribution in [-0.2, 0) is 21.9 Å². The van der Waals surface area contributed by atoms with E-state index in [1.165, 1.54) is 43.5 Å². The number of anilines is 1. The summed E-state index contributed by atoms with van der Waals surface area (Å²) in [5.74, 6) is -3.23. The fourth-order valence-corrected chi connectivity index (χ4v) is 6.42. The van der Waals surface area contributed by atoms with Gasteiger partial charge >= 0.3 is 12.1 Å². The van der Waals surface area contributed by atoms with Gasteiger partial charge in [0.25, 0.3) is 0 Å². The van der Waals surface area contributed by atoms with Crippen LogP contribution in [-0.4, -0.2) is 40.9 Å². The molecule has 0 bridgehead atoms. The number of halogens is 5. The molecule has 6 nitrogen and oxygen atoms in total. The predicted octanol–water partition coefficient (Wildman–Crippen LogP) is 6.22. The molecule has 1 aromatic carbocycles. The Balaban J connectivity index is 1.40. The van der Waals surface area contributed by atoms with E-state index in [2.05, 4.69) is 15.3 Å². The van der Waals surface area contributed by atoms with Gasteiger partial charge in [0.05, 0.1) is 15.7 Å². The van der Waals surface area contributed by atoms with Gasteiger partial charge in [-0.05, 0) is 79.6 Å². The lowest BCUT2D eigenvalue weighted by atomic mass is 9.95. The van der Waals surface area contributed by atoms with Crippen molar-refractivity contribution < 1.29 is 35.5 Å². The number of pyridine rings is 2. The van der Waals surface area contributed by atoms with Gasteiger partial charge in [-0.15, -0.1) is 0 Å². The molecule has 0 amide bonds. The van der Waals surface area contributed by atoms with E-state index < -0.39 is 44.5 Å². The van der Waals surface area contributed by atoms with Crippen molar-refractivity contribution in [1.82, 2.24) is 9.97 Å². The average molecular weight is 570 g/mol. The Labute approximate surface area is 223 Å². The molecule has 0 spiro atoms. The Morgan fingerprint density at radius 1 is 0.949 bits per heavy atom. The highest BCUT2D eigenvalue weighted by atomic mass is 32.2. The van der Waals surface area contributed by atoms with E-state index in [4.69, 9.17) is 0 Å². The number of rotatable bonds is 8. The zero-order valence-electron chi connectivity index (χ0n) is 21.0. The number of aromatic nitrogens is 2. The topological polar surface area (TPSA) is 92.2 Å². The van der Waals surface area contributed by atoms with E-state index in [1.54, 1.807) is 12.1 Å². The average Bonchev–Trinajstić information content (AvgIpc) is 2.93. The first-order valence-electron chi connectivity index (χ1n) is 12.5. The van der Waals surface area contributed by atoms with Crippen LogP contribution in [0.25, 0.3) is 11.1 Å². The largest absolute Gasteiger partial charge is 0.417 e. The second kappa shape index (κ2) is 11.2. The van der Waals surface area contributed by atoms with Crippen LogP contribution in [0, 0.1) is 0 Å². The molecule has 210 valence electrons. The molecule has 4 rings (SSSR count). The molecule has 2 aromatic heterocycles. The van der Waals surface area contributed by atoms with Crippen molar-refractivity contribution >= 4 is 15.7 Å². The molecule has 1 unspecified atom stereocenters. The first kappa shape index (κ1) is 28.9. The number of hydrogen-bond acceptors (Lipinski definition) is 6. The summed E-state index contributed by atoms with van der Waals surface area (Å²) >= 11 is 0. The lowest BCUT2D eigenvalue weighted by Gasteiger charge is -2.29. The minimum atomic E-state index is -4.47. The molecular formula is C27H28F5N3O3S. The standard InChI is InChI=1S/C27H28F5N3O3S/c1-2-24(36)26(28,29)23-15-18(13-14-33-23)17-3-8-21(9-4-17)39(37,38)22-10-6-20(7-11-22)35-25-12-5-19(16-34-25)27(30,31)32/h3-5,8-9,12-16,20,22,24,36H,2,6-7,10-11H2,1H3,(H,34,35). The van der Waals surface area contributed by atoms with Gasteiger partial charge in [-0.2, -0.15) is 22.0 Å². The van der Waals surface area contributed by atoms with Gasteiger partial charge in [0.1, 0.15) is 17.6 Å². The predicted molar refractivity (Wildman–Crippen MR) is 136 cm³/mol. The summed E-state index contributed by atoms with van der Waals surface area (Å²) in [7, 11) is -3.66. The highest BCUT2D eigenvalue weighted by molar-refractivity contribution is 7.92. The van der Waals surface area contributed by atoms with Gasteiger partial charge in [-0.1, -0.05) is 19.1 Å². The third-order valence-corrected chi connectivity index (χ3v) is 9.26. The summed E-state index contributed by atoms with van der Waals surface area (Å²) in [6, 6.07) is 10.8. The molecule has 39 heavy (non-hydrogen) atoms. The van der Waals surface area contributed by atoms with Gasteiger partial charge in [0, 0.05) is 18.4 Å². The SMILES string of the molecule is CCC(O)C(F)(F)c1cc(-c2ccc(S(=O)(=O)C3CCC(Nc4ccc(C(F)(F)F)cn4)CC3)cc2)ccn1. The fourth-order valence-electron chi connectivity index (χ4n) is 4.62. The lowest BCUT2D eigenvalue weighted by Crippen LogP contribution is -2.33. The normalized spacial score (nSPS) is 19.5. The maximum Gasteiger partial charge on any atom is 0.417 e. The Kier molecular flexibility index (Phi) is 8.27. The summed E-state index contributed by atoms with van der Waals surface area (Å²) in [5, 5.41) is 12.1. The van der Waals surface area contributed by atoms with E-state index in [0.29, 0.717) is 42.6 Å². The second-order valence-electron chi connectivity index (χ2n) is 9.59. The molecule has 1 saturated carbocycles. The van der Waals surface area contributed by atoms with Crippen molar-refractivity contribution in [2.45, 2.75) is 73.4 Å². The number of nitrogens with one attached hydrogen (secondary N) is 1. The lowest BCUT2D eigenvalue weighted by molar-refractivity contribution is -0.137. The maximum absolute atomic E-state index is 14.4. The van der Waals surface area contributed by atoms with E-state index in [1.807, 2.05) is 0 Å². The molecule has 2 heterocycles. The first-order valence-corrected chi connectivity index (χ1v) is 14.0. The van der Waals surface area contributed by atoms with Crippen LogP contribution >= 0.6 is 0 Å². The number of hydrogen-bond donors (Lipinski definition) is 2. The van der Waals surface area contributed by atoms with E-state index in [0.717, 1.165) is 12.3 Å². The van der Waals surface area contributed by atoms with Crippen LogP contribution in [0.15, 0.2) is 65.8 Å². The number of alkyl halides is 5. The molecule has 0 saturated heterocycles. The smallest absolute Gasteiger partial charge is 0.386 e. The zero-order chi connectivity index (χ0) is 28.4. The van der Waals surface area contributed by atoms with Gasteiger partial charge in [0.15, 0.2) is 9.84 Å². The van der Waals surface area contributed by atoms with Crippen molar-refractivity contribution in [3.05, 3.63) is 72.2 Å². The quantitative estimate of drug-likeness (QED) is 0.313. The molecule has 1 aliphatic rings. The van der Waals surface area contributed by atoms with Crippen LogP contribution in [0.1, 0.15) is 50.3 Å². The molecule has 1 atom stereocenters. The molecular weight excluding hydrogens is 541 g/mol. The van der Waals surface area contributed by atoms with Crippen molar-refractivity contribution in [3.8, 4) is 11.1 Å². The first-order chi connectivity index (χ1) is 18.3. The summed E-state index contributed by atoms with van der Waals surface area (Å²) in [5.41, 5.74) is -0.471. The molecule has 3 aromatic rings. The van der Waals surface area contributed by atoms with Gasteiger partial charge in [0.2, 0.25) is 0 Å². The van der Waals surface area contributed by atoms with Crippen LogP contribution < -0.4 is 5.32 Å². The van der Waals surface area contributed by atoms with E-state index in [-0.39, 0.29) is 17.4 Å². The number of nitrogens with zero attached hydrogens (tertiary/aromatic N) is 2. The van der Waals surface area contributed by atoms with Crippen molar-refractivity contribution in [3.63, 3.8) is 0 Å². The Morgan fingerprint density at radius 2 is 1.62 bits per heavy atom. The van der Waals surface area contributed by atoms with Crippen LogP contribution in [0.5, 0.6) is 0 Å². The van der Waals surface area contributed by atoms with Crippen LogP contribution in [0.3, 0.4) is 0 Å². The third-order valence-electron chi connectivity index (χ3n) is 6.98. The van der Waals surface area contributed by atoms with Crippen molar-refractivity contribution in [1.29, 1.82) is 0 Å². The molecule has 2 N–H and O–H groups in total. The monoisotopic (exact) mass is 569 g/mol. The Bertz CT molecular complexity index is 1370. The van der Waals surface area contributed by atoms with Gasteiger partial charge in [-0.3, -0.25) is 4.98 Å². The van der Waals surface area contributed by atoms with Crippen molar-refractivity contribution in [2.75, 3.05) is 5.32 Å². The second-order valence-corrected chi connectivity index (χ2v) is 11.8. The highest BCUT2D eigenvalue weighted by Gasteiger charge is 2.41. The summed E-state index contributed by atoms with van der Waals surface area (Å²) in [6.07, 6.45) is -2.77. The Morgan fingerprint density at radius 3 is 2.18 bits per heavy atom. The number of benzene rings is 1. The fraction of sp³-hybridized carbons (Fsp3) is 0.407. The molecule has 1 aliphatic carbocycles. The summed E-state index contributed by atoms with van der Waals surface area (Å²) in [4.78, 5) is 7.64. The maximum atomic E-state index is 14.4. The minimum absolute atomic E-state index is 0.117. The van der Waals surface area contributed by atoms with Crippen LogP contribution in [0.4, 0.5) is 27.8 Å². The molecule has 0 aliphatic heterocycles. The highest BCUT2D eigenvalue weighted by Crippen LogP contribution is 2.35. The summed E-state index contributed by atoms with van der Waals surface area (Å²) in [6.45, 7) is 1.45.